The number of nitrogens with one attached hydrogen (secondary N) is 1. The highest BCUT2D eigenvalue weighted by atomic mass is 16.5. The lowest BCUT2D eigenvalue weighted by atomic mass is 10.0. The van der Waals surface area contributed by atoms with E-state index in [0.717, 1.165) is 11.3 Å². The maximum absolute atomic E-state index is 12.1. The summed E-state index contributed by atoms with van der Waals surface area (Å²) in [6.07, 6.45) is 3.16. The van der Waals surface area contributed by atoms with Crippen LogP contribution in [0.4, 0.5) is 5.69 Å². The molecule has 2 aromatic carbocycles. The van der Waals surface area contributed by atoms with Gasteiger partial charge in [0.05, 0.1) is 19.8 Å². The van der Waals surface area contributed by atoms with Crippen molar-refractivity contribution in [3.05, 3.63) is 59.7 Å². The third-order valence-electron chi connectivity index (χ3n) is 3.71. The summed E-state index contributed by atoms with van der Waals surface area (Å²) in [4.78, 5) is 12.1. The standard InChI is InChI=1S/C20H23NO3/c1-14(2)15-8-10-16(11-9-15)21-20(22)13-12-17-18(23-3)6-5-7-19(17)24-4/h5-14H,1-4H3,(H,21,22). The molecule has 0 radical (unpaired) electrons. The number of methoxy groups -OCH3 is 2. The van der Waals surface area contributed by atoms with Crippen LogP contribution in [0, 0.1) is 0 Å². The van der Waals surface area contributed by atoms with Crippen molar-refractivity contribution in [1.82, 2.24) is 0 Å². The smallest absolute Gasteiger partial charge is 0.248 e. The maximum atomic E-state index is 12.1. The molecule has 0 heterocycles. The highest BCUT2D eigenvalue weighted by Gasteiger charge is 2.07. The van der Waals surface area contributed by atoms with Crippen LogP contribution in [0.3, 0.4) is 0 Å². The van der Waals surface area contributed by atoms with E-state index in [1.54, 1.807) is 20.3 Å². The van der Waals surface area contributed by atoms with Crippen molar-refractivity contribution >= 4 is 17.7 Å². The Hall–Kier alpha value is -2.75. The maximum Gasteiger partial charge on any atom is 0.248 e. The Bertz CT molecular complexity index is 696. The van der Waals surface area contributed by atoms with E-state index in [4.69, 9.17) is 9.47 Å². The van der Waals surface area contributed by atoms with Gasteiger partial charge in [-0.1, -0.05) is 32.0 Å². The minimum atomic E-state index is -0.208. The lowest BCUT2D eigenvalue weighted by Crippen LogP contribution is -2.07. The summed E-state index contributed by atoms with van der Waals surface area (Å²) in [6, 6.07) is 13.3. The van der Waals surface area contributed by atoms with Crippen LogP contribution in [0.25, 0.3) is 6.08 Å². The molecule has 0 atom stereocenters. The number of carbonyl (C=O) groups excluding carboxylic acids is 1. The van der Waals surface area contributed by atoms with Crippen LogP contribution in [0.2, 0.25) is 0 Å². The van der Waals surface area contributed by atoms with E-state index in [0.29, 0.717) is 17.4 Å². The van der Waals surface area contributed by atoms with Gasteiger partial charge < -0.3 is 14.8 Å². The van der Waals surface area contributed by atoms with Crippen molar-refractivity contribution in [2.45, 2.75) is 19.8 Å². The Morgan fingerprint density at radius 2 is 1.58 bits per heavy atom. The van der Waals surface area contributed by atoms with Gasteiger partial charge in [-0.25, -0.2) is 0 Å². The molecule has 4 nitrogen and oxygen atoms in total. The molecule has 1 N–H and O–H groups in total. The van der Waals surface area contributed by atoms with E-state index >= 15 is 0 Å². The van der Waals surface area contributed by atoms with Gasteiger partial charge >= 0.3 is 0 Å². The van der Waals surface area contributed by atoms with E-state index in [-0.39, 0.29) is 5.91 Å². The van der Waals surface area contributed by atoms with Crippen molar-refractivity contribution in [3.63, 3.8) is 0 Å². The molecule has 0 saturated heterocycles. The van der Waals surface area contributed by atoms with E-state index < -0.39 is 0 Å². The molecule has 0 spiro atoms. The molecule has 0 aliphatic rings. The fourth-order valence-electron chi connectivity index (χ4n) is 2.34. The third-order valence-corrected chi connectivity index (χ3v) is 3.71. The van der Waals surface area contributed by atoms with Gasteiger partial charge in [-0.2, -0.15) is 0 Å². The number of rotatable bonds is 6. The Morgan fingerprint density at radius 3 is 2.08 bits per heavy atom. The van der Waals surface area contributed by atoms with E-state index in [1.807, 2.05) is 42.5 Å². The molecular weight excluding hydrogens is 302 g/mol. The fraction of sp³-hybridized carbons (Fsp3) is 0.250. The van der Waals surface area contributed by atoms with Crippen LogP contribution in [0.5, 0.6) is 11.5 Å². The summed E-state index contributed by atoms with van der Waals surface area (Å²) in [5, 5.41) is 2.85. The largest absolute Gasteiger partial charge is 0.496 e. The van der Waals surface area contributed by atoms with E-state index in [2.05, 4.69) is 19.2 Å². The van der Waals surface area contributed by atoms with Crippen LogP contribution in [-0.4, -0.2) is 20.1 Å². The summed E-state index contributed by atoms with van der Waals surface area (Å²) < 4.78 is 10.6. The second-order valence-corrected chi connectivity index (χ2v) is 5.68. The highest BCUT2D eigenvalue weighted by molar-refractivity contribution is 6.02. The summed E-state index contributed by atoms with van der Waals surface area (Å²) in [7, 11) is 3.17. The minimum absolute atomic E-state index is 0.208. The van der Waals surface area contributed by atoms with Gasteiger partial charge in [0.1, 0.15) is 11.5 Å². The highest BCUT2D eigenvalue weighted by Crippen LogP contribution is 2.29. The van der Waals surface area contributed by atoms with Crippen LogP contribution < -0.4 is 14.8 Å². The second-order valence-electron chi connectivity index (χ2n) is 5.68. The first-order valence-corrected chi connectivity index (χ1v) is 7.85. The number of benzene rings is 2. The molecule has 0 bridgehead atoms. The molecule has 0 aromatic heterocycles. The molecule has 24 heavy (non-hydrogen) atoms. The molecule has 2 aromatic rings. The SMILES string of the molecule is COc1cccc(OC)c1C=CC(=O)Nc1ccc(C(C)C)cc1. The van der Waals surface area contributed by atoms with Crippen LogP contribution in [-0.2, 0) is 4.79 Å². The average Bonchev–Trinajstić information content (AvgIpc) is 2.59. The second kappa shape index (κ2) is 8.20. The van der Waals surface area contributed by atoms with Gasteiger partial charge in [-0.15, -0.1) is 0 Å². The Morgan fingerprint density at radius 1 is 1.00 bits per heavy atom. The first-order chi connectivity index (χ1) is 11.5. The fourth-order valence-corrected chi connectivity index (χ4v) is 2.34. The minimum Gasteiger partial charge on any atom is -0.496 e. The number of amides is 1. The first kappa shape index (κ1) is 17.6. The third kappa shape index (κ3) is 4.38. The van der Waals surface area contributed by atoms with Gasteiger partial charge in [-0.3, -0.25) is 4.79 Å². The molecule has 0 aliphatic carbocycles. The predicted octanol–water partition coefficient (Wildman–Crippen LogP) is 4.48. The zero-order valence-corrected chi connectivity index (χ0v) is 14.5. The van der Waals surface area contributed by atoms with Crippen molar-refractivity contribution in [2.24, 2.45) is 0 Å². The molecule has 126 valence electrons. The summed E-state index contributed by atoms with van der Waals surface area (Å²) in [6.45, 7) is 4.27. The van der Waals surface area contributed by atoms with Crippen LogP contribution in [0.1, 0.15) is 30.9 Å². The lowest BCUT2D eigenvalue weighted by molar-refractivity contribution is -0.111. The van der Waals surface area contributed by atoms with Gasteiger partial charge in [0.25, 0.3) is 0 Å². The van der Waals surface area contributed by atoms with Crippen molar-refractivity contribution in [3.8, 4) is 11.5 Å². The Kier molecular flexibility index (Phi) is 6.01. The topological polar surface area (TPSA) is 47.6 Å². The van der Waals surface area contributed by atoms with Gasteiger partial charge in [0.15, 0.2) is 0 Å². The molecule has 2 rings (SSSR count). The molecule has 0 fully saturated rings. The van der Waals surface area contributed by atoms with Crippen molar-refractivity contribution < 1.29 is 14.3 Å². The predicted molar refractivity (Wildman–Crippen MR) is 97.7 cm³/mol. The molecular formula is C20H23NO3. The number of hydrogen-bond acceptors (Lipinski definition) is 3. The summed E-state index contributed by atoms with van der Waals surface area (Å²) in [5.41, 5.74) is 2.73. The van der Waals surface area contributed by atoms with Crippen LogP contribution in [0.15, 0.2) is 48.5 Å². The monoisotopic (exact) mass is 325 g/mol. The number of anilines is 1. The van der Waals surface area contributed by atoms with Crippen molar-refractivity contribution in [1.29, 1.82) is 0 Å². The summed E-state index contributed by atoms with van der Waals surface area (Å²) in [5.74, 6) is 1.56. The number of ether oxygens (including phenoxy) is 2. The summed E-state index contributed by atoms with van der Waals surface area (Å²) >= 11 is 0. The van der Waals surface area contributed by atoms with Gasteiger partial charge in [0, 0.05) is 11.8 Å². The molecule has 1 amide bonds. The van der Waals surface area contributed by atoms with Crippen molar-refractivity contribution in [2.75, 3.05) is 19.5 Å². The van der Waals surface area contributed by atoms with Gasteiger partial charge in [-0.05, 0) is 41.8 Å². The molecule has 0 saturated carbocycles. The zero-order chi connectivity index (χ0) is 17.5. The number of hydrogen-bond donors (Lipinski definition) is 1. The molecule has 0 unspecified atom stereocenters. The van der Waals surface area contributed by atoms with Gasteiger partial charge in [0.2, 0.25) is 5.91 Å². The molecule has 0 aliphatic heterocycles. The van der Waals surface area contributed by atoms with Crippen LogP contribution >= 0.6 is 0 Å². The normalized spacial score (nSPS) is 10.9. The first-order valence-electron chi connectivity index (χ1n) is 7.85. The zero-order valence-electron chi connectivity index (χ0n) is 14.5. The number of carbonyl (C=O) groups is 1. The Balaban J connectivity index is 2.11. The van der Waals surface area contributed by atoms with E-state index in [9.17, 15) is 4.79 Å². The average molecular weight is 325 g/mol. The Labute approximate surface area is 143 Å². The lowest BCUT2D eigenvalue weighted by Gasteiger charge is -2.10. The quantitative estimate of drug-likeness (QED) is 0.797. The van der Waals surface area contributed by atoms with E-state index in [1.165, 1.54) is 11.6 Å². The molecule has 4 heteroatoms.